The van der Waals surface area contributed by atoms with E-state index in [0.29, 0.717) is 17.9 Å². The summed E-state index contributed by atoms with van der Waals surface area (Å²) in [5.74, 6) is -0.243. The number of fused-ring (bicyclic) bond motifs is 3. The Bertz CT molecular complexity index is 532. The molecule has 2 aliphatic rings. The van der Waals surface area contributed by atoms with Crippen molar-refractivity contribution in [3.05, 3.63) is 47.8 Å². The van der Waals surface area contributed by atoms with Crippen LogP contribution in [-0.4, -0.2) is 17.6 Å². The Morgan fingerprint density at radius 1 is 1.38 bits per heavy atom. The van der Waals surface area contributed by atoms with Crippen LogP contribution in [0.2, 0.25) is 0 Å². The van der Waals surface area contributed by atoms with E-state index in [1.54, 1.807) is 6.08 Å². The lowest BCUT2D eigenvalue weighted by Gasteiger charge is -2.22. The van der Waals surface area contributed by atoms with Crippen LogP contribution in [-0.2, 0) is 4.79 Å². The summed E-state index contributed by atoms with van der Waals surface area (Å²) in [6.07, 6.45) is 3.50. The summed E-state index contributed by atoms with van der Waals surface area (Å²) in [6, 6.07) is 7.80. The normalized spacial score (nSPS) is 16.9. The van der Waals surface area contributed by atoms with Crippen LogP contribution in [0.25, 0.3) is 0 Å². The molecule has 0 atom stereocenters. The van der Waals surface area contributed by atoms with Gasteiger partial charge in [-0.1, -0.05) is 18.2 Å². The molecular weight excluding hydrogens is 204 g/mol. The quantitative estimate of drug-likeness (QED) is 0.748. The van der Waals surface area contributed by atoms with Crippen molar-refractivity contribution < 1.29 is 9.90 Å². The van der Waals surface area contributed by atoms with Gasteiger partial charge in [-0.05, 0) is 18.2 Å². The van der Waals surface area contributed by atoms with Gasteiger partial charge in [-0.3, -0.25) is 0 Å². The van der Waals surface area contributed by atoms with Crippen molar-refractivity contribution in [2.75, 3.05) is 16.8 Å². The van der Waals surface area contributed by atoms with Gasteiger partial charge in [0.2, 0.25) is 0 Å². The predicted octanol–water partition coefficient (Wildman–Crippen LogP) is 1.78. The van der Waals surface area contributed by atoms with Crippen molar-refractivity contribution in [1.82, 2.24) is 0 Å². The van der Waals surface area contributed by atoms with Crippen LogP contribution in [0.4, 0.5) is 11.4 Å². The van der Waals surface area contributed by atoms with Gasteiger partial charge >= 0.3 is 5.97 Å². The zero-order valence-corrected chi connectivity index (χ0v) is 8.47. The first-order valence-corrected chi connectivity index (χ1v) is 5.05. The smallest absolute Gasteiger partial charge is 0.339 e. The number of hydrogen-bond acceptors (Lipinski definition) is 3. The van der Waals surface area contributed by atoms with Gasteiger partial charge in [-0.25, -0.2) is 4.79 Å². The molecule has 80 valence electrons. The first kappa shape index (κ1) is 9.03. The second-order valence-electron chi connectivity index (χ2n) is 3.72. The topological polar surface area (TPSA) is 52.6 Å². The average Bonchev–Trinajstić information content (AvgIpc) is 2.67. The molecule has 3 rings (SSSR count). The van der Waals surface area contributed by atoms with Crippen LogP contribution in [0.1, 0.15) is 0 Å². The second-order valence-corrected chi connectivity index (χ2v) is 3.72. The third-order valence-electron chi connectivity index (χ3n) is 2.78. The zero-order valence-electron chi connectivity index (χ0n) is 8.47. The standard InChI is InChI=1S/C12H10N2O2/c15-12(16)8-4-3-7-14-10-6-2-1-5-9(10)13-11(8)14/h1-6,13H,7H2,(H,15,16). The molecule has 0 saturated heterocycles. The minimum absolute atomic E-state index is 0.308. The van der Waals surface area contributed by atoms with Gasteiger partial charge in [0, 0.05) is 6.54 Å². The molecule has 0 saturated carbocycles. The molecule has 16 heavy (non-hydrogen) atoms. The number of benzene rings is 1. The van der Waals surface area contributed by atoms with Crippen LogP contribution >= 0.6 is 0 Å². The Hall–Kier alpha value is -2.23. The lowest BCUT2D eigenvalue weighted by Crippen LogP contribution is -2.27. The number of nitrogens with zero attached hydrogens (tertiary/aromatic N) is 1. The summed E-state index contributed by atoms with van der Waals surface area (Å²) in [7, 11) is 0. The molecular formula is C12H10N2O2. The number of carboxylic acids is 1. The maximum atomic E-state index is 11.1. The Balaban J connectivity index is 2.15. The molecule has 0 amide bonds. The molecule has 4 heteroatoms. The van der Waals surface area contributed by atoms with Gasteiger partial charge < -0.3 is 15.3 Å². The second kappa shape index (κ2) is 3.13. The van der Waals surface area contributed by atoms with E-state index in [1.807, 2.05) is 35.2 Å². The van der Waals surface area contributed by atoms with Crippen LogP contribution in [0.5, 0.6) is 0 Å². The summed E-state index contributed by atoms with van der Waals surface area (Å²) >= 11 is 0. The highest BCUT2D eigenvalue weighted by molar-refractivity contribution is 5.96. The number of aliphatic carboxylic acids is 1. The van der Waals surface area contributed by atoms with Gasteiger partial charge in [0.1, 0.15) is 11.4 Å². The molecule has 2 aliphatic heterocycles. The average molecular weight is 214 g/mol. The van der Waals surface area contributed by atoms with E-state index in [4.69, 9.17) is 5.11 Å². The van der Waals surface area contributed by atoms with E-state index < -0.39 is 5.97 Å². The fraction of sp³-hybridized carbons (Fsp3) is 0.0833. The maximum absolute atomic E-state index is 11.1. The highest BCUT2D eigenvalue weighted by Gasteiger charge is 2.29. The van der Waals surface area contributed by atoms with E-state index in [2.05, 4.69) is 5.32 Å². The molecule has 0 spiro atoms. The third-order valence-corrected chi connectivity index (χ3v) is 2.78. The van der Waals surface area contributed by atoms with Gasteiger partial charge in [0.25, 0.3) is 0 Å². The Morgan fingerprint density at radius 2 is 2.19 bits per heavy atom. The number of para-hydroxylation sites is 2. The summed E-state index contributed by atoms with van der Waals surface area (Å²) in [5, 5.41) is 12.2. The Kier molecular flexibility index (Phi) is 1.77. The Labute approximate surface area is 92.5 Å². The molecule has 0 bridgehead atoms. The van der Waals surface area contributed by atoms with E-state index in [9.17, 15) is 4.79 Å². The SMILES string of the molecule is O=C(O)C1=C2Nc3ccccc3N2CC=C1. The van der Waals surface area contributed by atoms with Gasteiger partial charge in [-0.2, -0.15) is 0 Å². The highest BCUT2D eigenvalue weighted by atomic mass is 16.4. The molecule has 0 aliphatic carbocycles. The van der Waals surface area contributed by atoms with Crippen molar-refractivity contribution in [1.29, 1.82) is 0 Å². The molecule has 1 aromatic rings. The number of carbonyl (C=O) groups is 1. The lowest BCUT2D eigenvalue weighted by molar-refractivity contribution is -0.132. The number of carboxylic acid groups (broad SMARTS) is 1. The fourth-order valence-electron chi connectivity index (χ4n) is 2.06. The lowest BCUT2D eigenvalue weighted by atomic mass is 10.2. The van der Waals surface area contributed by atoms with Crippen LogP contribution in [0.15, 0.2) is 47.8 Å². The number of rotatable bonds is 1. The van der Waals surface area contributed by atoms with Crippen LogP contribution in [0.3, 0.4) is 0 Å². The van der Waals surface area contributed by atoms with Crippen molar-refractivity contribution in [3.63, 3.8) is 0 Å². The molecule has 2 N–H and O–H groups in total. The molecule has 1 aromatic carbocycles. The number of nitrogens with one attached hydrogen (secondary N) is 1. The van der Waals surface area contributed by atoms with Gasteiger partial charge in [0.05, 0.1) is 11.4 Å². The van der Waals surface area contributed by atoms with E-state index >= 15 is 0 Å². The van der Waals surface area contributed by atoms with Crippen LogP contribution < -0.4 is 10.2 Å². The summed E-state index contributed by atoms with van der Waals surface area (Å²) in [6.45, 7) is 0.704. The van der Waals surface area contributed by atoms with Crippen molar-refractivity contribution in [2.24, 2.45) is 0 Å². The molecule has 2 heterocycles. The third kappa shape index (κ3) is 1.13. The predicted molar refractivity (Wildman–Crippen MR) is 61.2 cm³/mol. The summed E-state index contributed by atoms with van der Waals surface area (Å²) < 4.78 is 0. The minimum Gasteiger partial charge on any atom is -0.478 e. The molecule has 4 nitrogen and oxygen atoms in total. The molecule has 0 unspecified atom stereocenters. The maximum Gasteiger partial charge on any atom is 0.339 e. The monoisotopic (exact) mass is 214 g/mol. The number of anilines is 2. The molecule has 0 radical (unpaired) electrons. The summed E-state index contributed by atoms with van der Waals surface area (Å²) in [5.41, 5.74) is 2.29. The Morgan fingerprint density at radius 3 is 3.00 bits per heavy atom. The zero-order chi connectivity index (χ0) is 11.1. The highest BCUT2D eigenvalue weighted by Crippen LogP contribution is 2.38. The van der Waals surface area contributed by atoms with Crippen molar-refractivity contribution in [2.45, 2.75) is 0 Å². The molecule has 0 fully saturated rings. The molecule has 0 aromatic heterocycles. The van der Waals surface area contributed by atoms with Gasteiger partial charge in [0.15, 0.2) is 0 Å². The largest absolute Gasteiger partial charge is 0.478 e. The van der Waals surface area contributed by atoms with E-state index in [0.717, 1.165) is 11.4 Å². The van der Waals surface area contributed by atoms with Gasteiger partial charge in [-0.15, -0.1) is 0 Å². The first-order chi connectivity index (χ1) is 7.77. The van der Waals surface area contributed by atoms with Crippen LogP contribution in [0, 0.1) is 0 Å². The summed E-state index contributed by atoms with van der Waals surface area (Å²) in [4.78, 5) is 13.0. The van der Waals surface area contributed by atoms with Crippen molar-refractivity contribution >= 4 is 17.3 Å². The van der Waals surface area contributed by atoms with E-state index in [-0.39, 0.29) is 0 Å². The number of hydrogen-bond donors (Lipinski definition) is 2. The van der Waals surface area contributed by atoms with Crippen molar-refractivity contribution in [3.8, 4) is 0 Å². The fourth-order valence-corrected chi connectivity index (χ4v) is 2.06. The van der Waals surface area contributed by atoms with E-state index in [1.165, 1.54) is 0 Å². The first-order valence-electron chi connectivity index (χ1n) is 5.05. The minimum atomic E-state index is -0.906.